The Kier molecular flexibility index (Phi) is 11.7. The molecule has 0 spiro atoms. The molecule has 1 saturated carbocycles. The van der Waals surface area contributed by atoms with E-state index < -0.39 is 10.0 Å². The summed E-state index contributed by atoms with van der Waals surface area (Å²) in [6, 6.07) is 15.7. The number of rotatable bonds is 13. The van der Waals surface area contributed by atoms with E-state index >= 15 is 0 Å². The van der Waals surface area contributed by atoms with Crippen LogP contribution in [0.25, 0.3) is 0 Å². The summed E-state index contributed by atoms with van der Waals surface area (Å²) >= 11 is 0. The molecule has 2 aromatic rings. The van der Waals surface area contributed by atoms with Gasteiger partial charge in [0, 0.05) is 45.3 Å². The molecular formula is C31H45FN4O4S. The van der Waals surface area contributed by atoms with Gasteiger partial charge in [0.25, 0.3) is 0 Å². The maximum atomic E-state index is 13.4. The predicted octanol–water partition coefficient (Wildman–Crippen LogP) is 3.76. The minimum Gasteiger partial charge on any atom is -0.370 e. The van der Waals surface area contributed by atoms with Crippen LogP contribution in [0.3, 0.4) is 0 Å². The lowest BCUT2D eigenvalue weighted by atomic mass is 9.75. The molecule has 1 saturated heterocycles. The van der Waals surface area contributed by atoms with Crippen LogP contribution in [0.5, 0.6) is 0 Å². The lowest BCUT2D eigenvalue weighted by molar-refractivity contribution is -0.125. The number of amides is 1. The first-order chi connectivity index (χ1) is 19.7. The maximum absolute atomic E-state index is 13.4. The summed E-state index contributed by atoms with van der Waals surface area (Å²) in [5, 5.41) is 3.00. The number of sulfonamides is 1. The second-order valence-electron chi connectivity index (χ2n) is 11.5. The van der Waals surface area contributed by atoms with Crippen LogP contribution in [0.2, 0.25) is 0 Å². The van der Waals surface area contributed by atoms with Gasteiger partial charge in [0.05, 0.1) is 11.5 Å². The molecule has 0 radical (unpaired) electrons. The second kappa shape index (κ2) is 15.2. The van der Waals surface area contributed by atoms with E-state index in [0.717, 1.165) is 32.1 Å². The van der Waals surface area contributed by atoms with E-state index in [1.54, 1.807) is 36.4 Å². The average Bonchev–Trinajstić information content (AvgIpc) is 2.98. The quantitative estimate of drug-likeness (QED) is 0.359. The van der Waals surface area contributed by atoms with Crippen LogP contribution in [0.15, 0.2) is 59.5 Å². The van der Waals surface area contributed by atoms with E-state index in [1.807, 2.05) is 18.2 Å². The average molecular weight is 589 g/mol. The Balaban J connectivity index is 1.06. The number of nitrogens with zero attached hydrogens (tertiary/aromatic N) is 3. The van der Waals surface area contributed by atoms with Crippen molar-refractivity contribution in [3.8, 4) is 0 Å². The molecule has 8 nitrogen and oxygen atoms in total. The summed E-state index contributed by atoms with van der Waals surface area (Å²) in [5.41, 5.74) is 1.17. The van der Waals surface area contributed by atoms with Gasteiger partial charge in [-0.15, -0.1) is 0 Å². The second-order valence-corrected chi connectivity index (χ2v) is 13.4. The van der Waals surface area contributed by atoms with Crippen molar-refractivity contribution < 1.29 is 22.3 Å². The van der Waals surface area contributed by atoms with Crippen molar-refractivity contribution in [1.82, 2.24) is 19.4 Å². The standard InChI is InChI=1S/C31H45FN4O4S/c1-34(2)31(27-12-14-28(32)15-13-27)26-10-8-25(9-11-26)16-17-33-30(37)24-40-23-22-35-18-20-36(21-19-35)41(38,39)29-6-4-3-5-7-29/h3-7,12-15,25-26,31H,8-11,16-24H2,1-2H3,(H,33,37). The Morgan fingerprint density at radius 3 is 2.29 bits per heavy atom. The predicted molar refractivity (Wildman–Crippen MR) is 158 cm³/mol. The number of benzene rings is 2. The highest BCUT2D eigenvalue weighted by Gasteiger charge is 2.30. The maximum Gasteiger partial charge on any atom is 0.245 e. The van der Waals surface area contributed by atoms with E-state index in [2.05, 4.69) is 29.2 Å². The molecule has 1 N–H and O–H groups in total. The van der Waals surface area contributed by atoms with Gasteiger partial charge >= 0.3 is 0 Å². The van der Waals surface area contributed by atoms with Crippen molar-refractivity contribution in [1.29, 1.82) is 0 Å². The molecule has 1 amide bonds. The lowest BCUT2D eigenvalue weighted by Crippen LogP contribution is -2.49. The van der Waals surface area contributed by atoms with E-state index in [1.165, 1.54) is 9.87 Å². The highest BCUT2D eigenvalue weighted by Crippen LogP contribution is 2.40. The highest BCUT2D eigenvalue weighted by atomic mass is 32.2. The Morgan fingerprint density at radius 2 is 1.66 bits per heavy atom. The van der Waals surface area contributed by atoms with Crippen molar-refractivity contribution in [2.75, 3.05) is 66.6 Å². The molecule has 10 heteroatoms. The zero-order valence-corrected chi connectivity index (χ0v) is 25.2. The first-order valence-electron chi connectivity index (χ1n) is 14.8. The van der Waals surface area contributed by atoms with Gasteiger partial charge in [-0.05, 0) is 75.0 Å². The van der Waals surface area contributed by atoms with Crippen molar-refractivity contribution in [3.63, 3.8) is 0 Å². The van der Waals surface area contributed by atoms with Gasteiger partial charge in [-0.2, -0.15) is 4.31 Å². The molecular weight excluding hydrogens is 543 g/mol. The summed E-state index contributed by atoms with van der Waals surface area (Å²) < 4.78 is 46.1. The van der Waals surface area contributed by atoms with Crippen LogP contribution in [0.1, 0.15) is 43.7 Å². The summed E-state index contributed by atoms with van der Waals surface area (Å²) in [7, 11) is 0.736. The monoisotopic (exact) mass is 588 g/mol. The summed E-state index contributed by atoms with van der Waals surface area (Å²) in [6.07, 6.45) is 5.52. The van der Waals surface area contributed by atoms with Crippen LogP contribution in [0, 0.1) is 17.7 Å². The van der Waals surface area contributed by atoms with Crippen molar-refractivity contribution in [2.45, 2.75) is 43.0 Å². The number of hydrogen-bond acceptors (Lipinski definition) is 6. The minimum atomic E-state index is -3.45. The van der Waals surface area contributed by atoms with Crippen LogP contribution in [0.4, 0.5) is 4.39 Å². The largest absolute Gasteiger partial charge is 0.370 e. The fraction of sp³-hybridized carbons (Fsp3) is 0.581. The summed E-state index contributed by atoms with van der Waals surface area (Å²) in [5.74, 6) is 0.857. The van der Waals surface area contributed by atoms with E-state index in [-0.39, 0.29) is 18.3 Å². The fourth-order valence-corrected chi connectivity index (χ4v) is 7.65. The molecule has 4 rings (SSSR count). The first-order valence-corrected chi connectivity index (χ1v) is 16.2. The molecule has 226 valence electrons. The number of ether oxygens (including phenoxy) is 1. The molecule has 0 aromatic heterocycles. The molecule has 1 aliphatic heterocycles. The van der Waals surface area contributed by atoms with Crippen LogP contribution >= 0.6 is 0 Å². The van der Waals surface area contributed by atoms with Gasteiger partial charge in [0.2, 0.25) is 15.9 Å². The van der Waals surface area contributed by atoms with Crippen LogP contribution in [-0.4, -0.2) is 95.0 Å². The molecule has 41 heavy (non-hydrogen) atoms. The zero-order valence-electron chi connectivity index (χ0n) is 24.4. The zero-order chi connectivity index (χ0) is 29.2. The summed E-state index contributed by atoms with van der Waals surface area (Å²) in [4.78, 5) is 17.0. The molecule has 2 aromatic carbocycles. The number of halogens is 1. The Morgan fingerprint density at radius 1 is 1.00 bits per heavy atom. The lowest BCUT2D eigenvalue weighted by Gasteiger charge is -2.37. The third-order valence-corrected chi connectivity index (χ3v) is 10.4. The van der Waals surface area contributed by atoms with Gasteiger partial charge in [-0.1, -0.05) is 43.2 Å². The minimum absolute atomic E-state index is 0.0390. The van der Waals surface area contributed by atoms with Crippen molar-refractivity contribution in [3.05, 3.63) is 66.0 Å². The molecule has 2 fully saturated rings. The van der Waals surface area contributed by atoms with Crippen molar-refractivity contribution in [2.24, 2.45) is 11.8 Å². The number of piperazine rings is 1. The van der Waals surface area contributed by atoms with Gasteiger partial charge in [0.1, 0.15) is 12.4 Å². The normalized spacial score (nSPS) is 21.6. The SMILES string of the molecule is CN(C)C(c1ccc(F)cc1)C1CCC(CCNC(=O)COCCN2CCN(S(=O)(=O)c3ccccc3)CC2)CC1. The van der Waals surface area contributed by atoms with Crippen LogP contribution in [-0.2, 0) is 19.6 Å². The number of carbonyl (C=O) groups is 1. The van der Waals surface area contributed by atoms with Gasteiger partial charge in [0.15, 0.2) is 0 Å². The summed E-state index contributed by atoms with van der Waals surface area (Å²) in [6.45, 7) is 3.97. The molecule has 1 heterocycles. The molecule has 2 aliphatic rings. The first kappa shape index (κ1) is 31.6. The molecule has 1 aliphatic carbocycles. The van der Waals surface area contributed by atoms with E-state index in [0.29, 0.717) is 68.6 Å². The Hall–Kier alpha value is -2.37. The Bertz CT molecular complexity index is 1180. The van der Waals surface area contributed by atoms with Gasteiger partial charge in [-0.3, -0.25) is 9.69 Å². The highest BCUT2D eigenvalue weighted by molar-refractivity contribution is 7.89. The molecule has 1 unspecified atom stereocenters. The Labute approximate surface area is 244 Å². The third-order valence-electron chi connectivity index (χ3n) is 8.48. The molecule has 0 bridgehead atoms. The van der Waals surface area contributed by atoms with Gasteiger partial charge < -0.3 is 15.0 Å². The van der Waals surface area contributed by atoms with E-state index in [4.69, 9.17) is 4.74 Å². The van der Waals surface area contributed by atoms with E-state index in [9.17, 15) is 17.6 Å². The topological polar surface area (TPSA) is 82.2 Å². The third kappa shape index (κ3) is 9.06. The van der Waals surface area contributed by atoms with Gasteiger partial charge in [-0.25, -0.2) is 12.8 Å². The van der Waals surface area contributed by atoms with Crippen molar-refractivity contribution >= 4 is 15.9 Å². The smallest absolute Gasteiger partial charge is 0.245 e. The number of carbonyl (C=O) groups excluding carboxylic acids is 1. The molecule has 1 atom stereocenters. The van der Waals surface area contributed by atoms with Crippen LogP contribution < -0.4 is 5.32 Å². The number of hydrogen-bond donors (Lipinski definition) is 1. The fourth-order valence-electron chi connectivity index (χ4n) is 6.20. The number of nitrogens with one attached hydrogen (secondary N) is 1.